The van der Waals surface area contributed by atoms with Crippen molar-refractivity contribution in [2.45, 2.75) is 12.8 Å². The molecule has 0 bridgehead atoms. The zero-order valence-corrected chi connectivity index (χ0v) is 7.79. The summed E-state index contributed by atoms with van der Waals surface area (Å²) in [5.41, 5.74) is 5.43. The lowest BCUT2D eigenvalue weighted by molar-refractivity contribution is 0.311. The first-order valence-corrected chi connectivity index (χ1v) is 4.35. The van der Waals surface area contributed by atoms with Crippen LogP contribution in [-0.4, -0.2) is 6.61 Å². The fraction of sp³-hybridized carbons (Fsp3) is 0.273. The van der Waals surface area contributed by atoms with Gasteiger partial charge in [0.25, 0.3) is 0 Å². The van der Waals surface area contributed by atoms with Crippen LogP contribution in [0.25, 0.3) is 0 Å². The molecule has 3 heteroatoms. The molecule has 0 amide bonds. The van der Waals surface area contributed by atoms with E-state index in [0.717, 1.165) is 6.42 Å². The van der Waals surface area contributed by atoms with E-state index in [4.69, 9.17) is 16.9 Å². The maximum atomic E-state index is 12.9. The highest BCUT2D eigenvalue weighted by atomic mass is 19.1. The summed E-state index contributed by atoms with van der Waals surface area (Å²) < 4.78 is 18.2. The number of anilines is 1. The minimum absolute atomic E-state index is 0.126. The number of ether oxygens (including phenoxy) is 1. The van der Waals surface area contributed by atoms with Gasteiger partial charge >= 0.3 is 0 Å². The van der Waals surface area contributed by atoms with Crippen LogP contribution in [0, 0.1) is 18.2 Å². The van der Waals surface area contributed by atoms with E-state index in [1.807, 2.05) is 0 Å². The normalized spacial score (nSPS) is 9.43. The number of halogens is 1. The van der Waals surface area contributed by atoms with Crippen LogP contribution in [0.4, 0.5) is 10.1 Å². The molecule has 0 spiro atoms. The second-order valence-corrected chi connectivity index (χ2v) is 2.84. The first-order chi connectivity index (χ1) is 6.74. The van der Waals surface area contributed by atoms with Gasteiger partial charge in [-0.25, -0.2) is 4.39 Å². The van der Waals surface area contributed by atoms with E-state index in [9.17, 15) is 4.39 Å². The number of benzene rings is 1. The Morgan fingerprint density at radius 3 is 2.93 bits per heavy atom. The number of hydrogen-bond acceptors (Lipinski definition) is 2. The van der Waals surface area contributed by atoms with Crippen molar-refractivity contribution in [2.24, 2.45) is 0 Å². The van der Waals surface area contributed by atoms with Crippen molar-refractivity contribution in [3.8, 4) is 18.1 Å². The molecule has 0 atom stereocenters. The molecule has 0 aliphatic rings. The molecular weight excluding hydrogens is 181 g/mol. The second-order valence-electron chi connectivity index (χ2n) is 2.84. The summed E-state index contributed by atoms with van der Waals surface area (Å²) in [6.07, 6.45) is 6.50. The molecule has 2 nitrogen and oxygen atoms in total. The van der Waals surface area contributed by atoms with Crippen molar-refractivity contribution in [1.82, 2.24) is 0 Å². The fourth-order valence-corrected chi connectivity index (χ4v) is 0.962. The maximum Gasteiger partial charge on any atom is 0.149 e. The maximum absolute atomic E-state index is 12.9. The summed E-state index contributed by atoms with van der Waals surface area (Å²) in [7, 11) is 0. The standard InChI is InChI=1S/C11H12FNO/c1-2-3-4-7-14-9-5-6-11(13)10(12)8-9/h1,5-6,8H,3-4,7,13H2. The zero-order valence-electron chi connectivity index (χ0n) is 7.79. The highest BCUT2D eigenvalue weighted by molar-refractivity contribution is 5.43. The minimum atomic E-state index is -0.459. The lowest BCUT2D eigenvalue weighted by Crippen LogP contribution is -1.98. The zero-order chi connectivity index (χ0) is 10.4. The van der Waals surface area contributed by atoms with E-state index >= 15 is 0 Å². The van der Waals surface area contributed by atoms with Gasteiger partial charge in [0.15, 0.2) is 0 Å². The Bertz CT molecular complexity index is 344. The van der Waals surface area contributed by atoms with Crippen LogP contribution < -0.4 is 10.5 Å². The number of terminal acetylenes is 1. The molecule has 0 aliphatic carbocycles. The SMILES string of the molecule is C#CCCCOc1ccc(N)c(F)c1. The molecule has 1 rings (SSSR count). The van der Waals surface area contributed by atoms with Crippen molar-refractivity contribution in [3.05, 3.63) is 24.0 Å². The number of hydrogen-bond donors (Lipinski definition) is 1. The lowest BCUT2D eigenvalue weighted by atomic mass is 10.3. The third-order valence-corrected chi connectivity index (χ3v) is 1.71. The summed E-state index contributed by atoms with van der Waals surface area (Å²) in [4.78, 5) is 0. The Kier molecular flexibility index (Phi) is 3.81. The Morgan fingerprint density at radius 2 is 2.29 bits per heavy atom. The van der Waals surface area contributed by atoms with Crippen molar-refractivity contribution in [3.63, 3.8) is 0 Å². The van der Waals surface area contributed by atoms with Gasteiger partial charge in [0.05, 0.1) is 12.3 Å². The van der Waals surface area contributed by atoms with Gasteiger partial charge in [-0.1, -0.05) is 0 Å². The second kappa shape index (κ2) is 5.13. The largest absolute Gasteiger partial charge is 0.493 e. The highest BCUT2D eigenvalue weighted by Gasteiger charge is 1.99. The first kappa shape index (κ1) is 10.4. The van der Waals surface area contributed by atoms with Gasteiger partial charge in [0.1, 0.15) is 11.6 Å². The van der Waals surface area contributed by atoms with E-state index in [1.54, 1.807) is 6.07 Å². The summed E-state index contributed by atoms with van der Waals surface area (Å²) >= 11 is 0. The van der Waals surface area contributed by atoms with Gasteiger partial charge in [0.2, 0.25) is 0 Å². The molecule has 0 aromatic heterocycles. The summed E-state index contributed by atoms with van der Waals surface area (Å²) in [5, 5.41) is 0. The van der Waals surface area contributed by atoms with Crippen molar-refractivity contribution >= 4 is 5.69 Å². The number of nitrogens with two attached hydrogens (primary N) is 1. The molecule has 0 saturated carbocycles. The van der Waals surface area contributed by atoms with Crippen LogP contribution in [0.3, 0.4) is 0 Å². The van der Waals surface area contributed by atoms with Crippen molar-refractivity contribution in [1.29, 1.82) is 0 Å². The molecule has 0 unspecified atom stereocenters. The Morgan fingerprint density at radius 1 is 1.50 bits per heavy atom. The predicted octanol–water partition coefficient (Wildman–Crippen LogP) is 2.20. The van der Waals surface area contributed by atoms with Gasteiger partial charge in [0, 0.05) is 12.5 Å². The van der Waals surface area contributed by atoms with Crippen LogP contribution in [0.1, 0.15) is 12.8 Å². The third kappa shape index (κ3) is 2.98. The smallest absolute Gasteiger partial charge is 0.149 e. The van der Waals surface area contributed by atoms with Crippen LogP contribution in [0.5, 0.6) is 5.75 Å². The molecule has 1 aromatic carbocycles. The van der Waals surface area contributed by atoms with E-state index in [0.29, 0.717) is 18.8 Å². The summed E-state index contributed by atoms with van der Waals surface area (Å²) in [6, 6.07) is 4.38. The Balaban J connectivity index is 2.44. The molecule has 0 fully saturated rings. The number of nitrogen functional groups attached to an aromatic ring is 1. The van der Waals surface area contributed by atoms with Gasteiger partial charge in [-0.15, -0.1) is 12.3 Å². The summed E-state index contributed by atoms with van der Waals surface area (Å²) in [6.45, 7) is 0.494. The average molecular weight is 193 g/mol. The molecule has 14 heavy (non-hydrogen) atoms. The summed E-state index contributed by atoms with van der Waals surface area (Å²) in [5.74, 6) is 2.52. The molecule has 2 N–H and O–H groups in total. The molecular formula is C11H12FNO. The van der Waals surface area contributed by atoms with E-state index in [-0.39, 0.29) is 5.69 Å². The third-order valence-electron chi connectivity index (χ3n) is 1.71. The predicted molar refractivity (Wildman–Crippen MR) is 54.4 cm³/mol. The van der Waals surface area contributed by atoms with Crippen LogP contribution in [-0.2, 0) is 0 Å². The first-order valence-electron chi connectivity index (χ1n) is 4.35. The van der Waals surface area contributed by atoms with Crippen molar-refractivity contribution in [2.75, 3.05) is 12.3 Å². The van der Waals surface area contributed by atoms with Crippen LogP contribution >= 0.6 is 0 Å². The van der Waals surface area contributed by atoms with Crippen LogP contribution in [0.15, 0.2) is 18.2 Å². The van der Waals surface area contributed by atoms with Gasteiger partial charge in [-0.3, -0.25) is 0 Å². The monoisotopic (exact) mass is 193 g/mol. The van der Waals surface area contributed by atoms with Crippen molar-refractivity contribution < 1.29 is 9.13 Å². The van der Waals surface area contributed by atoms with E-state index < -0.39 is 5.82 Å². The molecule has 0 radical (unpaired) electrons. The Labute approximate surface area is 82.9 Å². The van der Waals surface area contributed by atoms with E-state index in [1.165, 1.54) is 12.1 Å². The van der Waals surface area contributed by atoms with E-state index in [2.05, 4.69) is 5.92 Å². The molecule has 0 heterocycles. The molecule has 74 valence electrons. The van der Waals surface area contributed by atoms with Gasteiger partial charge < -0.3 is 10.5 Å². The quantitative estimate of drug-likeness (QED) is 0.452. The molecule has 1 aromatic rings. The topological polar surface area (TPSA) is 35.2 Å². The number of rotatable bonds is 4. The molecule has 0 saturated heterocycles. The minimum Gasteiger partial charge on any atom is -0.493 e. The Hall–Kier alpha value is -1.69. The average Bonchev–Trinajstić information content (AvgIpc) is 2.18. The van der Waals surface area contributed by atoms with Gasteiger partial charge in [-0.05, 0) is 18.6 Å². The number of unbranched alkanes of at least 4 members (excludes halogenated alkanes) is 1. The highest BCUT2D eigenvalue weighted by Crippen LogP contribution is 2.17. The van der Waals surface area contributed by atoms with Crippen LogP contribution in [0.2, 0.25) is 0 Å². The lowest BCUT2D eigenvalue weighted by Gasteiger charge is -2.05. The fourth-order valence-electron chi connectivity index (χ4n) is 0.962. The molecule has 0 aliphatic heterocycles. The van der Waals surface area contributed by atoms with Gasteiger partial charge in [-0.2, -0.15) is 0 Å².